The van der Waals surface area contributed by atoms with Gasteiger partial charge in [-0.05, 0) is 29.7 Å². The molecule has 0 atom stereocenters. The molecule has 0 aliphatic heterocycles. The molecule has 24 heavy (non-hydrogen) atoms. The summed E-state index contributed by atoms with van der Waals surface area (Å²) in [7, 11) is 0. The number of anilines is 2. The third kappa shape index (κ3) is 3.63. The molecule has 3 rings (SSSR count). The topological polar surface area (TPSA) is 70.7 Å². The Kier molecular flexibility index (Phi) is 4.91. The van der Waals surface area contributed by atoms with E-state index in [4.69, 9.17) is 11.6 Å². The molecule has 0 saturated heterocycles. The number of para-hydroxylation sites is 1. The Bertz CT molecular complexity index is 907. The highest BCUT2D eigenvalue weighted by Gasteiger charge is 2.09. The molecule has 0 radical (unpaired) electrons. The number of hydrogen-bond acceptors (Lipinski definition) is 4. The zero-order valence-electron chi connectivity index (χ0n) is 13.2. The summed E-state index contributed by atoms with van der Waals surface area (Å²) >= 11 is 6.13. The number of H-pyrrole nitrogens is 1. The number of aromatic nitrogens is 3. The molecule has 0 aliphatic rings. The minimum atomic E-state index is -0.276. The van der Waals surface area contributed by atoms with Gasteiger partial charge in [0.1, 0.15) is 5.69 Å². The van der Waals surface area contributed by atoms with Gasteiger partial charge in [-0.2, -0.15) is 0 Å². The van der Waals surface area contributed by atoms with E-state index in [9.17, 15) is 4.79 Å². The average molecular weight is 341 g/mol. The van der Waals surface area contributed by atoms with Crippen molar-refractivity contribution in [2.75, 3.05) is 5.32 Å². The van der Waals surface area contributed by atoms with Crippen molar-refractivity contribution in [3.63, 3.8) is 0 Å². The van der Waals surface area contributed by atoms with Gasteiger partial charge in [0.15, 0.2) is 0 Å². The van der Waals surface area contributed by atoms with Crippen LogP contribution in [0.3, 0.4) is 0 Å². The average Bonchev–Trinajstić information content (AvgIpc) is 2.59. The molecule has 0 saturated carbocycles. The minimum Gasteiger partial charge on any atom is -0.324 e. The third-order valence-corrected chi connectivity index (χ3v) is 4.10. The summed E-state index contributed by atoms with van der Waals surface area (Å²) in [6.07, 6.45) is 1.22. The van der Waals surface area contributed by atoms with Gasteiger partial charge in [-0.1, -0.05) is 54.9 Å². The number of aryl methyl sites for hydroxylation is 1. The van der Waals surface area contributed by atoms with Crippen molar-refractivity contribution >= 4 is 23.2 Å². The first-order valence-electron chi connectivity index (χ1n) is 7.71. The molecule has 0 aliphatic carbocycles. The Hall–Kier alpha value is -2.66. The Labute approximate surface area is 144 Å². The van der Waals surface area contributed by atoms with Crippen LogP contribution >= 0.6 is 11.6 Å². The fourth-order valence-corrected chi connectivity index (χ4v) is 2.64. The molecule has 122 valence electrons. The van der Waals surface area contributed by atoms with Crippen LogP contribution in [0.4, 0.5) is 11.6 Å². The Balaban J connectivity index is 1.83. The summed E-state index contributed by atoms with van der Waals surface area (Å²) in [4.78, 5) is 15.0. The number of nitrogens with zero attached hydrogens (tertiary/aromatic N) is 2. The second-order valence-electron chi connectivity index (χ2n) is 5.35. The molecule has 2 N–H and O–H groups in total. The first-order chi connectivity index (χ1) is 11.7. The van der Waals surface area contributed by atoms with E-state index in [2.05, 4.69) is 27.4 Å². The first kappa shape index (κ1) is 16.2. The van der Waals surface area contributed by atoms with Crippen molar-refractivity contribution < 1.29 is 0 Å². The third-order valence-electron chi connectivity index (χ3n) is 3.73. The van der Waals surface area contributed by atoms with Gasteiger partial charge >= 0.3 is 0 Å². The molecular formula is C18H17ClN4O. The maximum atomic E-state index is 12.3. The molecule has 2 aromatic carbocycles. The number of rotatable bonds is 5. The van der Waals surface area contributed by atoms with E-state index in [-0.39, 0.29) is 5.56 Å². The van der Waals surface area contributed by atoms with E-state index in [0.717, 1.165) is 23.2 Å². The lowest BCUT2D eigenvalue weighted by Gasteiger charge is -2.09. The van der Waals surface area contributed by atoms with E-state index in [1.807, 2.05) is 42.5 Å². The van der Waals surface area contributed by atoms with Crippen molar-refractivity contribution in [2.24, 2.45) is 0 Å². The van der Waals surface area contributed by atoms with Crippen LogP contribution in [0.2, 0.25) is 5.02 Å². The van der Waals surface area contributed by atoms with Crippen molar-refractivity contribution in [3.8, 4) is 0 Å². The van der Waals surface area contributed by atoms with Gasteiger partial charge in [0, 0.05) is 17.1 Å². The zero-order valence-corrected chi connectivity index (χ0v) is 14.0. The number of benzene rings is 2. The number of halogens is 1. The zero-order chi connectivity index (χ0) is 16.9. The van der Waals surface area contributed by atoms with Crippen LogP contribution in [0.15, 0.2) is 53.3 Å². The van der Waals surface area contributed by atoms with E-state index < -0.39 is 0 Å². The summed E-state index contributed by atoms with van der Waals surface area (Å²) in [5.74, 6) is 0.323. The fourth-order valence-electron chi connectivity index (χ4n) is 2.43. The highest BCUT2D eigenvalue weighted by atomic mass is 35.5. The van der Waals surface area contributed by atoms with Gasteiger partial charge in [-0.25, -0.2) is 0 Å². The van der Waals surface area contributed by atoms with E-state index in [0.29, 0.717) is 23.1 Å². The van der Waals surface area contributed by atoms with Crippen LogP contribution in [0.5, 0.6) is 0 Å². The number of hydrogen-bond donors (Lipinski definition) is 2. The van der Waals surface area contributed by atoms with Gasteiger partial charge in [0.2, 0.25) is 5.95 Å². The van der Waals surface area contributed by atoms with Crippen LogP contribution in [0.1, 0.15) is 23.7 Å². The molecule has 0 spiro atoms. The molecule has 6 heteroatoms. The molecule has 3 aromatic rings. The Morgan fingerprint density at radius 1 is 1.04 bits per heavy atom. The summed E-state index contributed by atoms with van der Waals surface area (Å²) in [5, 5.41) is 11.8. The molecule has 0 bridgehead atoms. The fraction of sp³-hybridized carbons (Fsp3) is 0.167. The minimum absolute atomic E-state index is 0.276. The van der Waals surface area contributed by atoms with Gasteiger partial charge in [0.25, 0.3) is 5.56 Å². The summed E-state index contributed by atoms with van der Waals surface area (Å²) in [6.45, 7) is 2.07. The van der Waals surface area contributed by atoms with Gasteiger partial charge in [-0.15, -0.1) is 10.2 Å². The van der Waals surface area contributed by atoms with Crippen molar-refractivity contribution in [3.05, 3.63) is 80.7 Å². The maximum Gasteiger partial charge on any atom is 0.274 e. The summed E-state index contributed by atoms with van der Waals surface area (Å²) in [6, 6.07) is 15.3. The van der Waals surface area contributed by atoms with Crippen LogP contribution in [-0.4, -0.2) is 15.2 Å². The summed E-state index contributed by atoms with van der Waals surface area (Å²) in [5.41, 5.74) is 2.94. The standard InChI is InChI=1S/C18H17ClN4O/c1-2-12-7-4-6-10-15(12)20-18-21-17(24)16(22-23-18)11-13-8-3-5-9-14(13)19/h3-10H,2,11H2,1H3,(H2,20,21,23,24). The molecule has 1 heterocycles. The number of aromatic amines is 1. The molecule has 5 nitrogen and oxygen atoms in total. The maximum absolute atomic E-state index is 12.3. The molecular weight excluding hydrogens is 324 g/mol. The van der Waals surface area contributed by atoms with E-state index in [1.54, 1.807) is 6.07 Å². The highest BCUT2D eigenvalue weighted by molar-refractivity contribution is 6.31. The van der Waals surface area contributed by atoms with Crippen molar-refractivity contribution in [1.82, 2.24) is 15.2 Å². The lowest BCUT2D eigenvalue weighted by Crippen LogP contribution is -2.19. The molecule has 0 amide bonds. The predicted octanol–water partition coefficient (Wildman–Crippen LogP) is 3.72. The predicted molar refractivity (Wildman–Crippen MR) is 96.0 cm³/mol. The van der Waals surface area contributed by atoms with Gasteiger partial charge < -0.3 is 5.32 Å². The molecule has 1 aromatic heterocycles. The molecule has 0 unspecified atom stereocenters. The van der Waals surface area contributed by atoms with Crippen LogP contribution in [0.25, 0.3) is 0 Å². The van der Waals surface area contributed by atoms with Gasteiger partial charge in [-0.3, -0.25) is 9.78 Å². The van der Waals surface area contributed by atoms with Crippen molar-refractivity contribution in [2.45, 2.75) is 19.8 Å². The van der Waals surface area contributed by atoms with Crippen molar-refractivity contribution in [1.29, 1.82) is 0 Å². The SMILES string of the molecule is CCc1ccccc1Nc1nnc(Cc2ccccc2Cl)c(=O)[nH]1. The Morgan fingerprint density at radius 3 is 2.46 bits per heavy atom. The lowest BCUT2D eigenvalue weighted by molar-refractivity contribution is 0.873. The van der Waals surface area contributed by atoms with Crippen LogP contribution in [-0.2, 0) is 12.8 Å². The number of nitrogens with one attached hydrogen (secondary N) is 2. The van der Waals surface area contributed by atoms with Gasteiger partial charge in [0.05, 0.1) is 0 Å². The first-order valence-corrected chi connectivity index (χ1v) is 8.09. The second kappa shape index (κ2) is 7.27. The second-order valence-corrected chi connectivity index (χ2v) is 5.76. The summed E-state index contributed by atoms with van der Waals surface area (Å²) < 4.78 is 0. The highest BCUT2D eigenvalue weighted by Crippen LogP contribution is 2.19. The Morgan fingerprint density at radius 2 is 1.75 bits per heavy atom. The quantitative estimate of drug-likeness (QED) is 0.742. The lowest BCUT2D eigenvalue weighted by atomic mass is 10.1. The molecule has 0 fully saturated rings. The normalized spacial score (nSPS) is 10.6. The van der Waals surface area contributed by atoms with E-state index in [1.165, 1.54) is 0 Å². The monoisotopic (exact) mass is 340 g/mol. The smallest absolute Gasteiger partial charge is 0.274 e. The largest absolute Gasteiger partial charge is 0.324 e. The van der Waals surface area contributed by atoms with Crippen LogP contribution < -0.4 is 10.9 Å². The van der Waals surface area contributed by atoms with E-state index >= 15 is 0 Å². The van der Waals surface area contributed by atoms with Crippen LogP contribution in [0, 0.1) is 0 Å².